The first kappa shape index (κ1) is 21.0. The molecular formula is C21H17ClN2O3S3. The number of fused-ring (bicyclic) bond motifs is 1. The van der Waals surface area contributed by atoms with Crippen molar-refractivity contribution in [1.29, 1.82) is 0 Å². The minimum atomic E-state index is -3.32. The highest BCUT2D eigenvalue weighted by atomic mass is 35.5. The third kappa shape index (κ3) is 4.57. The molecule has 30 heavy (non-hydrogen) atoms. The van der Waals surface area contributed by atoms with E-state index >= 15 is 0 Å². The van der Waals surface area contributed by atoms with Crippen LogP contribution in [0.15, 0.2) is 64.9 Å². The number of halogens is 1. The summed E-state index contributed by atoms with van der Waals surface area (Å²) in [6.45, 7) is 0.459. The molecule has 1 amide bonds. The molecule has 9 heteroatoms. The minimum Gasteiger partial charge on any atom is -0.284 e. The lowest BCUT2D eigenvalue weighted by atomic mass is 10.2. The van der Waals surface area contributed by atoms with Crippen molar-refractivity contribution >= 4 is 65.4 Å². The van der Waals surface area contributed by atoms with Crippen LogP contribution in [0.25, 0.3) is 10.2 Å². The number of aromatic nitrogens is 1. The van der Waals surface area contributed by atoms with Crippen LogP contribution in [0.2, 0.25) is 5.02 Å². The van der Waals surface area contributed by atoms with Crippen molar-refractivity contribution in [3.8, 4) is 0 Å². The van der Waals surface area contributed by atoms with Crippen molar-refractivity contribution in [3.05, 3.63) is 75.4 Å². The molecule has 4 rings (SSSR count). The molecule has 5 nitrogen and oxygen atoms in total. The standard InChI is InChI=1S/C21H17ClN2O3S3/c1-30(26,27)17-8-9-18-19(13-17)29-21(23-18)24(11-10-16-3-2-12-28-16)20(25)14-4-6-15(22)7-5-14/h2-9,12-13H,10-11H2,1H3. The van der Waals surface area contributed by atoms with E-state index < -0.39 is 9.84 Å². The molecule has 0 aliphatic carbocycles. The van der Waals surface area contributed by atoms with Crippen LogP contribution in [0.1, 0.15) is 15.2 Å². The molecule has 2 aromatic heterocycles. The van der Waals surface area contributed by atoms with Gasteiger partial charge in [-0.25, -0.2) is 13.4 Å². The summed E-state index contributed by atoms with van der Waals surface area (Å²) < 4.78 is 24.5. The second-order valence-electron chi connectivity index (χ2n) is 6.69. The molecule has 0 N–H and O–H groups in total. The average Bonchev–Trinajstić information content (AvgIpc) is 3.36. The summed E-state index contributed by atoms with van der Waals surface area (Å²) in [6, 6.07) is 15.6. The summed E-state index contributed by atoms with van der Waals surface area (Å²) in [6.07, 6.45) is 1.87. The number of rotatable bonds is 6. The first-order valence-corrected chi connectivity index (χ1v) is 13.0. The van der Waals surface area contributed by atoms with Gasteiger partial charge in [0, 0.05) is 28.3 Å². The maximum absolute atomic E-state index is 13.3. The van der Waals surface area contributed by atoms with Gasteiger partial charge in [-0.15, -0.1) is 11.3 Å². The fourth-order valence-corrected chi connectivity index (χ4v) is 5.52. The van der Waals surface area contributed by atoms with Gasteiger partial charge in [0.25, 0.3) is 5.91 Å². The van der Waals surface area contributed by atoms with E-state index in [1.54, 1.807) is 52.6 Å². The third-order valence-corrected chi connectivity index (χ3v) is 7.85. The molecule has 0 bridgehead atoms. The van der Waals surface area contributed by atoms with Crippen molar-refractivity contribution in [1.82, 2.24) is 4.98 Å². The van der Waals surface area contributed by atoms with Crippen molar-refractivity contribution in [2.24, 2.45) is 0 Å². The SMILES string of the molecule is CS(=O)(=O)c1ccc2nc(N(CCc3cccs3)C(=O)c3ccc(Cl)cc3)sc2c1. The average molecular weight is 477 g/mol. The van der Waals surface area contributed by atoms with E-state index in [9.17, 15) is 13.2 Å². The highest BCUT2D eigenvalue weighted by Crippen LogP contribution is 2.32. The Morgan fingerprint density at radius 1 is 1.13 bits per heavy atom. The van der Waals surface area contributed by atoms with Crippen LogP contribution in [0, 0.1) is 0 Å². The summed E-state index contributed by atoms with van der Waals surface area (Å²) in [5, 5.41) is 3.10. The van der Waals surface area contributed by atoms with E-state index in [4.69, 9.17) is 11.6 Å². The van der Waals surface area contributed by atoms with Crippen molar-refractivity contribution in [2.45, 2.75) is 11.3 Å². The van der Waals surface area contributed by atoms with E-state index in [1.165, 1.54) is 28.5 Å². The number of hydrogen-bond donors (Lipinski definition) is 0. The molecule has 0 radical (unpaired) electrons. The van der Waals surface area contributed by atoms with Crippen LogP contribution >= 0.6 is 34.3 Å². The minimum absolute atomic E-state index is 0.175. The van der Waals surface area contributed by atoms with Gasteiger partial charge in [0.2, 0.25) is 0 Å². The van der Waals surface area contributed by atoms with Gasteiger partial charge >= 0.3 is 0 Å². The topological polar surface area (TPSA) is 67.3 Å². The normalized spacial score (nSPS) is 11.7. The second kappa shape index (κ2) is 8.47. The van der Waals surface area contributed by atoms with E-state index in [0.717, 1.165) is 4.70 Å². The molecule has 0 spiro atoms. The predicted molar refractivity (Wildman–Crippen MR) is 124 cm³/mol. The maximum Gasteiger partial charge on any atom is 0.260 e. The molecule has 0 aliphatic heterocycles. The molecule has 154 valence electrons. The quantitative estimate of drug-likeness (QED) is 0.378. The molecular weight excluding hydrogens is 460 g/mol. The van der Waals surface area contributed by atoms with Gasteiger partial charge in [-0.05, 0) is 60.3 Å². The Balaban J connectivity index is 1.72. The number of amides is 1. The third-order valence-electron chi connectivity index (χ3n) is 4.51. The van der Waals surface area contributed by atoms with Crippen molar-refractivity contribution < 1.29 is 13.2 Å². The van der Waals surface area contributed by atoms with Crippen LogP contribution < -0.4 is 4.90 Å². The highest BCUT2D eigenvalue weighted by Gasteiger charge is 2.22. The molecule has 4 aromatic rings. The van der Waals surface area contributed by atoms with Gasteiger partial charge < -0.3 is 0 Å². The van der Waals surface area contributed by atoms with E-state index in [-0.39, 0.29) is 10.8 Å². The number of carbonyl (C=O) groups excluding carboxylic acids is 1. The molecule has 0 fully saturated rings. The molecule has 0 aliphatic rings. The number of benzene rings is 2. The summed E-state index contributed by atoms with van der Waals surface area (Å²) >= 11 is 8.91. The van der Waals surface area contributed by atoms with Gasteiger partial charge in [0.05, 0.1) is 15.1 Å². The first-order chi connectivity index (χ1) is 14.3. The highest BCUT2D eigenvalue weighted by molar-refractivity contribution is 7.90. The molecule has 0 unspecified atom stereocenters. The summed E-state index contributed by atoms with van der Waals surface area (Å²) in [5.41, 5.74) is 1.18. The molecule has 2 heterocycles. The molecule has 0 atom stereocenters. The van der Waals surface area contributed by atoms with Gasteiger partial charge in [-0.3, -0.25) is 9.69 Å². The maximum atomic E-state index is 13.3. The van der Waals surface area contributed by atoms with Crippen LogP contribution in [0.3, 0.4) is 0 Å². The van der Waals surface area contributed by atoms with Crippen LogP contribution in [0.5, 0.6) is 0 Å². The molecule has 0 saturated heterocycles. The van der Waals surface area contributed by atoms with Gasteiger partial charge in [0.1, 0.15) is 0 Å². The first-order valence-electron chi connectivity index (χ1n) is 9.02. The zero-order chi connectivity index (χ0) is 21.3. The van der Waals surface area contributed by atoms with Crippen LogP contribution in [-0.4, -0.2) is 32.1 Å². The number of sulfone groups is 1. The van der Waals surface area contributed by atoms with Crippen molar-refractivity contribution in [3.63, 3.8) is 0 Å². The summed E-state index contributed by atoms with van der Waals surface area (Å²) in [5.74, 6) is -0.175. The van der Waals surface area contributed by atoms with Gasteiger partial charge in [-0.2, -0.15) is 0 Å². The summed E-state index contributed by atoms with van der Waals surface area (Å²) in [4.78, 5) is 20.9. The van der Waals surface area contributed by atoms with Crippen LogP contribution in [-0.2, 0) is 16.3 Å². The van der Waals surface area contributed by atoms with Gasteiger partial charge in [-0.1, -0.05) is 29.0 Å². The Hall–Kier alpha value is -2.26. The summed E-state index contributed by atoms with van der Waals surface area (Å²) in [7, 11) is -3.32. The van der Waals surface area contributed by atoms with Gasteiger partial charge in [0.15, 0.2) is 15.0 Å². The van der Waals surface area contributed by atoms with E-state index in [0.29, 0.717) is 34.2 Å². The number of carbonyl (C=O) groups is 1. The van der Waals surface area contributed by atoms with E-state index in [2.05, 4.69) is 4.98 Å². The Labute approximate surface area is 187 Å². The zero-order valence-corrected chi connectivity index (χ0v) is 19.1. The monoisotopic (exact) mass is 476 g/mol. The number of hydrogen-bond acceptors (Lipinski definition) is 6. The molecule has 0 saturated carbocycles. The Bertz CT molecular complexity index is 1300. The molecule has 2 aromatic carbocycles. The lowest BCUT2D eigenvalue weighted by molar-refractivity contribution is 0.0987. The fourth-order valence-electron chi connectivity index (χ4n) is 2.95. The smallest absolute Gasteiger partial charge is 0.260 e. The largest absolute Gasteiger partial charge is 0.284 e. The number of thiophene rings is 1. The lowest BCUT2D eigenvalue weighted by Gasteiger charge is -2.19. The number of thiazole rings is 1. The Kier molecular flexibility index (Phi) is 5.92. The van der Waals surface area contributed by atoms with Crippen molar-refractivity contribution in [2.75, 3.05) is 17.7 Å². The number of nitrogens with zero attached hydrogens (tertiary/aromatic N) is 2. The Morgan fingerprint density at radius 3 is 2.57 bits per heavy atom. The van der Waals surface area contributed by atoms with Crippen LogP contribution in [0.4, 0.5) is 5.13 Å². The Morgan fingerprint density at radius 2 is 1.90 bits per heavy atom. The van der Waals surface area contributed by atoms with E-state index in [1.807, 2.05) is 17.5 Å². The second-order valence-corrected chi connectivity index (χ2v) is 11.2. The fraction of sp³-hybridized carbons (Fsp3) is 0.143. The predicted octanol–water partition coefficient (Wildman–Crippen LogP) is 5.30. The number of anilines is 1. The lowest BCUT2D eigenvalue weighted by Crippen LogP contribution is -2.32. The zero-order valence-electron chi connectivity index (χ0n) is 15.9.